The highest BCUT2D eigenvalue weighted by Crippen LogP contribution is 1.97. The van der Waals surface area contributed by atoms with Crippen LogP contribution in [0.4, 0.5) is 0 Å². The van der Waals surface area contributed by atoms with Gasteiger partial charge in [-0.25, -0.2) is 0 Å². The lowest BCUT2D eigenvalue weighted by atomic mass is 10.2. The third-order valence-electron chi connectivity index (χ3n) is 2.26. The zero-order valence-electron chi connectivity index (χ0n) is 10.9. The van der Waals surface area contributed by atoms with E-state index >= 15 is 0 Å². The molecule has 0 aromatic rings. The van der Waals surface area contributed by atoms with E-state index in [1.165, 1.54) is 0 Å². The van der Waals surface area contributed by atoms with Crippen LogP contribution >= 0.6 is 12.4 Å². The Morgan fingerprint density at radius 1 is 1.24 bits per heavy atom. The van der Waals surface area contributed by atoms with Gasteiger partial charge in [-0.1, -0.05) is 0 Å². The smallest absolute Gasteiger partial charge is 0.239 e. The minimum atomic E-state index is -0.0914. The number of rotatable bonds is 8. The number of likely N-dealkylation sites (N-methyl/N-ethyl adjacent to an activating group) is 2. The summed E-state index contributed by atoms with van der Waals surface area (Å²) in [7, 11) is 1.86. The lowest BCUT2D eigenvalue weighted by Gasteiger charge is -2.20. The molecule has 0 atom stereocenters. The van der Waals surface area contributed by atoms with E-state index < -0.39 is 0 Å². The lowest BCUT2D eigenvalue weighted by Crippen LogP contribution is -2.40. The molecule has 6 heteroatoms. The van der Waals surface area contributed by atoms with Crippen molar-refractivity contribution >= 4 is 24.2 Å². The molecule has 102 valence electrons. The third-order valence-corrected chi connectivity index (χ3v) is 2.26. The number of hydrogen-bond donors (Lipinski definition) is 2. The molecule has 0 aliphatic rings. The third kappa shape index (κ3) is 8.94. The van der Waals surface area contributed by atoms with Gasteiger partial charge in [0.2, 0.25) is 11.8 Å². The van der Waals surface area contributed by atoms with Gasteiger partial charge >= 0.3 is 0 Å². The first-order valence-electron chi connectivity index (χ1n) is 5.84. The largest absolute Gasteiger partial charge is 0.355 e. The minimum absolute atomic E-state index is 0. The zero-order valence-corrected chi connectivity index (χ0v) is 11.7. The Kier molecular flexibility index (Phi) is 12.7. The number of hydrogen-bond acceptors (Lipinski definition) is 3. The molecule has 0 bridgehead atoms. The average Bonchev–Trinajstić information content (AvgIpc) is 2.26. The Morgan fingerprint density at radius 3 is 2.35 bits per heavy atom. The summed E-state index contributed by atoms with van der Waals surface area (Å²) in [5, 5.41) is 5.68. The van der Waals surface area contributed by atoms with Crippen LogP contribution in [0.15, 0.2) is 0 Å². The molecule has 0 rings (SSSR count). The maximum atomic E-state index is 11.7. The van der Waals surface area contributed by atoms with Gasteiger partial charge in [-0.15, -0.1) is 12.4 Å². The fourth-order valence-corrected chi connectivity index (χ4v) is 1.38. The van der Waals surface area contributed by atoms with Gasteiger partial charge in [0.05, 0.1) is 6.54 Å². The molecule has 17 heavy (non-hydrogen) atoms. The summed E-state index contributed by atoms with van der Waals surface area (Å²) in [5.74, 6) is -0.0460. The fourth-order valence-electron chi connectivity index (χ4n) is 1.38. The average molecular weight is 266 g/mol. The van der Waals surface area contributed by atoms with Crippen LogP contribution in [0.1, 0.15) is 26.7 Å². The van der Waals surface area contributed by atoms with Crippen molar-refractivity contribution in [3.63, 3.8) is 0 Å². The monoisotopic (exact) mass is 265 g/mol. The van der Waals surface area contributed by atoms with E-state index in [1.807, 2.05) is 20.9 Å². The van der Waals surface area contributed by atoms with Gasteiger partial charge in [0, 0.05) is 19.5 Å². The number of amides is 2. The molecular weight excluding hydrogens is 242 g/mol. The first-order chi connectivity index (χ1) is 7.65. The van der Waals surface area contributed by atoms with Crippen molar-refractivity contribution in [3.8, 4) is 0 Å². The van der Waals surface area contributed by atoms with Gasteiger partial charge in [0.25, 0.3) is 0 Å². The highest BCUT2D eigenvalue weighted by atomic mass is 35.5. The fraction of sp³-hybridized carbons (Fsp3) is 0.818. The van der Waals surface area contributed by atoms with E-state index in [0.29, 0.717) is 19.5 Å². The Morgan fingerprint density at radius 2 is 1.88 bits per heavy atom. The van der Waals surface area contributed by atoms with Crippen molar-refractivity contribution < 1.29 is 9.59 Å². The van der Waals surface area contributed by atoms with Gasteiger partial charge in [-0.3, -0.25) is 9.59 Å². The molecule has 0 spiro atoms. The van der Waals surface area contributed by atoms with E-state index in [9.17, 15) is 9.59 Å². The molecule has 0 fully saturated rings. The van der Waals surface area contributed by atoms with Gasteiger partial charge in [0.1, 0.15) is 0 Å². The van der Waals surface area contributed by atoms with Crippen LogP contribution in [0.5, 0.6) is 0 Å². The first-order valence-corrected chi connectivity index (χ1v) is 5.84. The Balaban J connectivity index is 0. The van der Waals surface area contributed by atoms with Crippen LogP contribution in [-0.2, 0) is 9.59 Å². The predicted molar refractivity (Wildman–Crippen MR) is 71.3 cm³/mol. The minimum Gasteiger partial charge on any atom is -0.355 e. The molecule has 0 heterocycles. The van der Waals surface area contributed by atoms with Gasteiger partial charge in [-0.2, -0.15) is 0 Å². The van der Waals surface area contributed by atoms with E-state index in [4.69, 9.17) is 0 Å². The molecular formula is C11H24ClN3O2. The number of halogens is 1. The molecule has 0 aromatic heterocycles. The van der Waals surface area contributed by atoms with E-state index in [1.54, 1.807) is 4.90 Å². The van der Waals surface area contributed by atoms with Crippen molar-refractivity contribution in [2.24, 2.45) is 0 Å². The molecule has 0 saturated carbocycles. The second-order valence-corrected chi connectivity index (χ2v) is 3.57. The number of nitrogens with one attached hydrogen (secondary N) is 2. The predicted octanol–water partition coefficient (Wildman–Crippen LogP) is 0.392. The van der Waals surface area contributed by atoms with E-state index in [2.05, 4.69) is 10.6 Å². The zero-order chi connectivity index (χ0) is 12.4. The second-order valence-electron chi connectivity index (χ2n) is 3.57. The van der Waals surface area contributed by atoms with Crippen molar-refractivity contribution in [1.82, 2.24) is 15.5 Å². The van der Waals surface area contributed by atoms with Crippen LogP contribution in [0, 0.1) is 0 Å². The quantitative estimate of drug-likeness (QED) is 0.625. The van der Waals surface area contributed by atoms with Gasteiger partial charge in [0.15, 0.2) is 0 Å². The summed E-state index contributed by atoms with van der Waals surface area (Å²) >= 11 is 0. The summed E-state index contributed by atoms with van der Waals surface area (Å²) in [6.07, 6.45) is 1.30. The van der Waals surface area contributed by atoms with Crippen LogP contribution in [-0.4, -0.2) is 49.9 Å². The van der Waals surface area contributed by atoms with Gasteiger partial charge in [-0.05, 0) is 33.9 Å². The molecule has 0 saturated heterocycles. The van der Waals surface area contributed by atoms with Crippen molar-refractivity contribution in [2.45, 2.75) is 26.7 Å². The molecule has 0 aromatic carbocycles. The Bertz CT molecular complexity index is 225. The Hall–Kier alpha value is -0.810. The maximum Gasteiger partial charge on any atom is 0.239 e. The van der Waals surface area contributed by atoms with Crippen molar-refractivity contribution in [1.29, 1.82) is 0 Å². The lowest BCUT2D eigenvalue weighted by molar-refractivity contribution is -0.135. The molecule has 2 amide bonds. The van der Waals surface area contributed by atoms with Crippen LogP contribution in [0.25, 0.3) is 0 Å². The maximum absolute atomic E-state index is 11.7. The topological polar surface area (TPSA) is 61.4 Å². The number of carbonyl (C=O) groups excluding carboxylic acids is 2. The standard InChI is InChI=1S/C11H23N3O2.ClH/c1-4-13-10(15)9-14(5-2)11(16)7-6-8-12-3;/h12H,4-9H2,1-3H3,(H,13,15);1H. The van der Waals surface area contributed by atoms with Crippen molar-refractivity contribution in [2.75, 3.05) is 33.2 Å². The van der Waals surface area contributed by atoms with Gasteiger partial charge < -0.3 is 15.5 Å². The summed E-state index contributed by atoms with van der Waals surface area (Å²) < 4.78 is 0. The molecule has 0 unspecified atom stereocenters. The highest BCUT2D eigenvalue weighted by molar-refractivity contribution is 5.85. The number of nitrogens with zero attached hydrogens (tertiary/aromatic N) is 1. The second kappa shape index (κ2) is 11.7. The summed E-state index contributed by atoms with van der Waals surface area (Å²) in [5.41, 5.74) is 0. The number of carbonyl (C=O) groups is 2. The summed E-state index contributed by atoms with van der Waals surface area (Å²) in [4.78, 5) is 24.6. The molecule has 2 N–H and O–H groups in total. The SMILES string of the molecule is CCNC(=O)CN(CC)C(=O)CCCNC.Cl. The highest BCUT2D eigenvalue weighted by Gasteiger charge is 2.14. The Labute approximate surface area is 110 Å². The normalized spacial score (nSPS) is 9.35. The first kappa shape index (κ1) is 18.6. The summed E-state index contributed by atoms with van der Waals surface area (Å²) in [6.45, 7) is 5.92. The molecule has 0 radical (unpaired) electrons. The van der Waals surface area contributed by atoms with Crippen LogP contribution in [0.2, 0.25) is 0 Å². The van der Waals surface area contributed by atoms with E-state index in [-0.39, 0.29) is 30.8 Å². The van der Waals surface area contributed by atoms with Crippen LogP contribution in [0.3, 0.4) is 0 Å². The van der Waals surface area contributed by atoms with Crippen LogP contribution < -0.4 is 10.6 Å². The molecule has 0 aliphatic carbocycles. The van der Waals surface area contributed by atoms with Crippen molar-refractivity contribution in [3.05, 3.63) is 0 Å². The summed E-state index contributed by atoms with van der Waals surface area (Å²) in [6, 6.07) is 0. The molecule has 5 nitrogen and oxygen atoms in total. The van der Waals surface area contributed by atoms with E-state index in [0.717, 1.165) is 13.0 Å². The molecule has 0 aliphatic heterocycles.